The Labute approximate surface area is 177 Å². The van der Waals surface area contributed by atoms with Crippen LogP contribution in [0.15, 0.2) is 42.7 Å². The van der Waals surface area contributed by atoms with Gasteiger partial charge in [0.1, 0.15) is 5.82 Å². The van der Waals surface area contributed by atoms with Gasteiger partial charge in [-0.05, 0) is 75.8 Å². The largest absolute Gasteiger partial charge is 0.338 e. The highest BCUT2D eigenvalue weighted by molar-refractivity contribution is 5.97. The molecule has 0 spiro atoms. The highest BCUT2D eigenvalue weighted by Gasteiger charge is 2.26. The van der Waals surface area contributed by atoms with Gasteiger partial charge in [0.25, 0.3) is 0 Å². The Morgan fingerprint density at radius 2 is 1.50 bits per heavy atom. The summed E-state index contributed by atoms with van der Waals surface area (Å²) in [5.74, 6) is 0.765. The van der Waals surface area contributed by atoms with Crippen LogP contribution in [-0.4, -0.2) is 77.9 Å². The van der Waals surface area contributed by atoms with E-state index in [1.165, 1.54) is 12.1 Å². The minimum atomic E-state index is -0.295. The summed E-state index contributed by atoms with van der Waals surface area (Å²) in [5, 5.41) is 0. The number of nitrogens with zero attached hydrogens (tertiary/aromatic N) is 5. The number of likely N-dealkylation sites (tertiary alicyclic amines) is 1. The zero-order valence-corrected chi connectivity index (χ0v) is 17.4. The van der Waals surface area contributed by atoms with Gasteiger partial charge in [-0.25, -0.2) is 14.4 Å². The number of carbonyl (C=O) groups excluding carboxylic acids is 1. The van der Waals surface area contributed by atoms with Crippen LogP contribution in [0.25, 0.3) is 0 Å². The molecule has 0 saturated carbocycles. The van der Waals surface area contributed by atoms with E-state index in [0.717, 1.165) is 77.6 Å². The Morgan fingerprint density at radius 1 is 0.900 bits per heavy atom. The maximum Gasteiger partial charge on any atom is 0.225 e. The minimum Gasteiger partial charge on any atom is -0.338 e. The van der Waals surface area contributed by atoms with Gasteiger partial charge >= 0.3 is 0 Å². The Bertz CT molecular complexity index is 800. The molecule has 0 unspecified atom stereocenters. The molecule has 2 aromatic rings. The molecule has 2 fully saturated rings. The molecule has 0 aliphatic carbocycles. The molecule has 7 heteroatoms. The van der Waals surface area contributed by atoms with Gasteiger partial charge in [0, 0.05) is 50.1 Å². The Morgan fingerprint density at radius 3 is 2.13 bits per heavy atom. The third-order valence-corrected chi connectivity index (χ3v) is 6.24. The van der Waals surface area contributed by atoms with E-state index in [0.29, 0.717) is 5.56 Å². The van der Waals surface area contributed by atoms with Gasteiger partial charge in [-0.15, -0.1) is 0 Å². The molecule has 0 atom stereocenters. The monoisotopic (exact) mass is 411 g/mol. The van der Waals surface area contributed by atoms with Gasteiger partial charge in [-0.2, -0.15) is 0 Å². The molecular formula is C23H30FN5O. The fourth-order valence-electron chi connectivity index (χ4n) is 4.41. The lowest BCUT2D eigenvalue weighted by atomic mass is 9.89. The average molecular weight is 412 g/mol. The number of piperazine rings is 1. The lowest BCUT2D eigenvalue weighted by molar-refractivity contribution is 0.0836. The molecule has 0 amide bonds. The van der Waals surface area contributed by atoms with Crippen LogP contribution in [0, 0.1) is 11.7 Å². The summed E-state index contributed by atoms with van der Waals surface area (Å²) in [6.07, 6.45) is 6.53. The first-order chi connectivity index (χ1) is 14.7. The molecule has 2 aliphatic heterocycles. The summed E-state index contributed by atoms with van der Waals surface area (Å²) in [6.45, 7) is 8.17. The molecule has 30 heavy (non-hydrogen) atoms. The van der Waals surface area contributed by atoms with Crippen molar-refractivity contribution in [3.05, 3.63) is 54.1 Å². The van der Waals surface area contributed by atoms with Crippen molar-refractivity contribution in [2.24, 2.45) is 5.92 Å². The van der Waals surface area contributed by atoms with Crippen molar-refractivity contribution in [1.82, 2.24) is 19.8 Å². The smallest absolute Gasteiger partial charge is 0.225 e. The van der Waals surface area contributed by atoms with Crippen molar-refractivity contribution in [2.45, 2.75) is 19.3 Å². The Kier molecular flexibility index (Phi) is 7.02. The predicted octanol–water partition coefficient (Wildman–Crippen LogP) is 2.72. The number of hydrogen-bond donors (Lipinski definition) is 0. The van der Waals surface area contributed by atoms with Crippen molar-refractivity contribution >= 4 is 11.7 Å². The normalized spacial score (nSPS) is 19.2. The van der Waals surface area contributed by atoms with Crippen LogP contribution in [0.5, 0.6) is 0 Å². The van der Waals surface area contributed by atoms with E-state index in [1.807, 2.05) is 6.07 Å². The van der Waals surface area contributed by atoms with E-state index in [1.54, 1.807) is 24.5 Å². The van der Waals surface area contributed by atoms with Crippen LogP contribution >= 0.6 is 0 Å². The lowest BCUT2D eigenvalue weighted by Gasteiger charge is -2.35. The SMILES string of the molecule is O=C(c1ccc(F)cc1)C1CCN(CCCN2CCN(c3ncccn3)CC2)CC1. The maximum atomic E-state index is 13.1. The summed E-state index contributed by atoms with van der Waals surface area (Å²) < 4.78 is 13.1. The zero-order chi connectivity index (χ0) is 20.8. The summed E-state index contributed by atoms with van der Waals surface area (Å²) in [5.41, 5.74) is 0.634. The van der Waals surface area contributed by atoms with Crippen LogP contribution in [0.1, 0.15) is 29.6 Å². The highest BCUT2D eigenvalue weighted by atomic mass is 19.1. The molecule has 1 aromatic heterocycles. The van der Waals surface area contributed by atoms with Crippen LogP contribution in [0.4, 0.5) is 10.3 Å². The summed E-state index contributed by atoms with van der Waals surface area (Å²) in [4.78, 5) is 28.5. The van der Waals surface area contributed by atoms with E-state index < -0.39 is 0 Å². The highest BCUT2D eigenvalue weighted by Crippen LogP contribution is 2.22. The molecule has 2 saturated heterocycles. The standard InChI is InChI=1S/C23H30FN5O/c24-21-5-3-19(4-6-21)22(30)20-7-13-27(14-8-20)11-2-12-28-15-17-29(18-16-28)23-25-9-1-10-26-23/h1,3-6,9-10,20H,2,7-8,11-18H2. The van der Waals surface area contributed by atoms with Crippen LogP contribution in [0.2, 0.25) is 0 Å². The maximum absolute atomic E-state index is 13.1. The summed E-state index contributed by atoms with van der Waals surface area (Å²) >= 11 is 0. The Balaban J connectivity index is 1.13. The summed E-state index contributed by atoms with van der Waals surface area (Å²) in [6, 6.07) is 7.80. The number of ketones is 1. The van der Waals surface area contributed by atoms with Gasteiger partial charge in [0.05, 0.1) is 0 Å². The molecular weight excluding hydrogens is 381 g/mol. The Hall–Kier alpha value is -2.38. The molecule has 0 N–H and O–H groups in total. The number of piperidine rings is 1. The first kappa shape index (κ1) is 20.9. The predicted molar refractivity (Wildman–Crippen MR) is 115 cm³/mol. The first-order valence-electron chi connectivity index (χ1n) is 11.0. The number of aromatic nitrogens is 2. The molecule has 2 aliphatic rings. The zero-order valence-electron chi connectivity index (χ0n) is 17.4. The number of halogens is 1. The average Bonchev–Trinajstić information content (AvgIpc) is 2.81. The topological polar surface area (TPSA) is 52.6 Å². The summed E-state index contributed by atoms with van der Waals surface area (Å²) in [7, 11) is 0. The molecule has 4 rings (SSSR count). The van der Waals surface area contributed by atoms with Gasteiger partial charge in [0.2, 0.25) is 5.95 Å². The molecule has 160 valence electrons. The van der Waals surface area contributed by atoms with Gasteiger partial charge in [-0.1, -0.05) is 0 Å². The second-order valence-electron chi connectivity index (χ2n) is 8.22. The second kappa shape index (κ2) is 10.1. The third kappa shape index (κ3) is 5.40. The third-order valence-electron chi connectivity index (χ3n) is 6.24. The van der Waals surface area contributed by atoms with Crippen molar-refractivity contribution < 1.29 is 9.18 Å². The van der Waals surface area contributed by atoms with E-state index in [2.05, 4.69) is 24.7 Å². The fraction of sp³-hybridized carbons (Fsp3) is 0.522. The quantitative estimate of drug-likeness (QED) is 0.653. The van der Waals surface area contributed by atoms with Gasteiger partial charge in [-0.3, -0.25) is 9.69 Å². The number of anilines is 1. The van der Waals surface area contributed by atoms with E-state index in [9.17, 15) is 9.18 Å². The van der Waals surface area contributed by atoms with Crippen molar-refractivity contribution in [3.8, 4) is 0 Å². The number of hydrogen-bond acceptors (Lipinski definition) is 6. The molecule has 3 heterocycles. The van der Waals surface area contributed by atoms with Gasteiger partial charge < -0.3 is 9.80 Å². The number of benzene rings is 1. The van der Waals surface area contributed by atoms with E-state index in [4.69, 9.17) is 0 Å². The number of Topliss-reactive ketones (excluding diaryl/α,β-unsaturated/α-hetero) is 1. The first-order valence-corrected chi connectivity index (χ1v) is 11.0. The van der Waals surface area contributed by atoms with Crippen molar-refractivity contribution in [1.29, 1.82) is 0 Å². The van der Waals surface area contributed by atoms with E-state index in [-0.39, 0.29) is 17.5 Å². The van der Waals surface area contributed by atoms with Crippen molar-refractivity contribution in [3.63, 3.8) is 0 Å². The molecule has 0 bridgehead atoms. The molecule has 1 aromatic carbocycles. The number of rotatable bonds is 7. The number of carbonyl (C=O) groups is 1. The van der Waals surface area contributed by atoms with Crippen LogP contribution in [-0.2, 0) is 0 Å². The molecule has 6 nitrogen and oxygen atoms in total. The van der Waals surface area contributed by atoms with Crippen LogP contribution < -0.4 is 4.90 Å². The van der Waals surface area contributed by atoms with E-state index >= 15 is 0 Å². The van der Waals surface area contributed by atoms with Gasteiger partial charge in [0.15, 0.2) is 5.78 Å². The lowest BCUT2D eigenvalue weighted by Crippen LogP contribution is -2.47. The minimum absolute atomic E-state index is 0.0694. The van der Waals surface area contributed by atoms with Crippen LogP contribution in [0.3, 0.4) is 0 Å². The van der Waals surface area contributed by atoms with Crippen molar-refractivity contribution in [2.75, 3.05) is 57.3 Å². The molecule has 0 radical (unpaired) electrons. The fourth-order valence-corrected chi connectivity index (χ4v) is 4.41. The second-order valence-corrected chi connectivity index (χ2v) is 8.22.